The Morgan fingerprint density at radius 1 is 1.08 bits per heavy atom. The monoisotopic (exact) mass is 375 g/mol. The van der Waals surface area contributed by atoms with Gasteiger partial charge in [-0.3, -0.25) is 14.4 Å². The Kier molecular flexibility index (Phi) is 6.74. The lowest BCUT2D eigenvalue weighted by Crippen LogP contribution is -2.34. The maximum Gasteiger partial charge on any atom is 0.326 e. The van der Waals surface area contributed by atoms with Crippen LogP contribution in [0.1, 0.15) is 27.6 Å². The van der Waals surface area contributed by atoms with E-state index in [9.17, 15) is 14.4 Å². The third kappa shape index (κ3) is 5.07. The van der Waals surface area contributed by atoms with E-state index in [-0.39, 0.29) is 12.3 Å². The van der Waals surface area contributed by atoms with Gasteiger partial charge in [0.15, 0.2) is 6.10 Å². The van der Waals surface area contributed by atoms with E-state index in [0.29, 0.717) is 21.9 Å². The van der Waals surface area contributed by atoms with Crippen molar-refractivity contribution in [3.63, 3.8) is 0 Å². The van der Waals surface area contributed by atoms with E-state index in [1.807, 2.05) is 0 Å². The molecule has 0 aliphatic rings. The van der Waals surface area contributed by atoms with Crippen molar-refractivity contribution in [1.82, 2.24) is 5.32 Å². The molecule has 0 aromatic heterocycles. The van der Waals surface area contributed by atoms with E-state index in [4.69, 9.17) is 21.1 Å². The first kappa shape index (κ1) is 19.5. The van der Waals surface area contributed by atoms with Crippen molar-refractivity contribution in [2.75, 3.05) is 13.7 Å². The number of esters is 1. The molecule has 0 saturated carbocycles. The maximum absolute atomic E-state index is 12.2. The summed E-state index contributed by atoms with van der Waals surface area (Å²) in [5.41, 5.74) is 0.681. The average Bonchev–Trinajstić information content (AvgIpc) is 2.66. The number of carbonyl (C=O) groups excluding carboxylic acids is 3. The molecule has 0 heterocycles. The second kappa shape index (κ2) is 9.01. The molecule has 0 bridgehead atoms. The lowest BCUT2D eigenvalue weighted by Gasteiger charge is -2.13. The Labute approximate surface area is 156 Å². The molecule has 2 aromatic carbocycles. The van der Waals surface area contributed by atoms with Gasteiger partial charge in [-0.05, 0) is 43.3 Å². The molecule has 0 fully saturated rings. The number of amides is 1. The van der Waals surface area contributed by atoms with Gasteiger partial charge in [0, 0.05) is 10.6 Å². The van der Waals surface area contributed by atoms with Gasteiger partial charge in [-0.2, -0.15) is 0 Å². The number of halogens is 1. The largest absolute Gasteiger partial charge is 0.496 e. The Bertz CT molecular complexity index is 804. The topological polar surface area (TPSA) is 81.7 Å². The normalized spacial score (nSPS) is 11.3. The number of Topliss-reactive ketones (excluding diaryl/α,β-unsaturated/α-hetero) is 1. The number of methoxy groups -OCH3 is 1. The molecule has 1 N–H and O–H groups in total. The fourth-order valence-corrected chi connectivity index (χ4v) is 2.35. The molecular weight excluding hydrogens is 358 g/mol. The number of rotatable bonds is 7. The molecule has 0 spiro atoms. The van der Waals surface area contributed by atoms with Crippen molar-refractivity contribution in [2.24, 2.45) is 0 Å². The molecule has 6 nitrogen and oxygen atoms in total. The van der Waals surface area contributed by atoms with Crippen LogP contribution < -0.4 is 10.1 Å². The highest BCUT2D eigenvalue weighted by Gasteiger charge is 2.20. The van der Waals surface area contributed by atoms with Gasteiger partial charge < -0.3 is 14.8 Å². The van der Waals surface area contributed by atoms with Gasteiger partial charge in [0.25, 0.3) is 5.91 Å². The van der Waals surface area contributed by atoms with Crippen LogP contribution in [-0.4, -0.2) is 37.4 Å². The molecule has 0 unspecified atom stereocenters. The summed E-state index contributed by atoms with van der Waals surface area (Å²) < 4.78 is 10.2. The summed E-state index contributed by atoms with van der Waals surface area (Å²) in [6.07, 6.45) is -0.980. The van der Waals surface area contributed by atoms with E-state index < -0.39 is 18.0 Å². The van der Waals surface area contributed by atoms with Gasteiger partial charge in [0.1, 0.15) is 12.3 Å². The van der Waals surface area contributed by atoms with E-state index >= 15 is 0 Å². The van der Waals surface area contributed by atoms with Crippen LogP contribution in [0.25, 0.3) is 0 Å². The van der Waals surface area contributed by atoms with Gasteiger partial charge in [-0.1, -0.05) is 23.7 Å². The van der Waals surface area contributed by atoms with Gasteiger partial charge in [-0.25, -0.2) is 0 Å². The lowest BCUT2D eigenvalue weighted by molar-refractivity contribution is -0.145. The number of hydrogen-bond acceptors (Lipinski definition) is 5. The number of nitrogens with one attached hydrogen (secondary N) is 1. The maximum atomic E-state index is 12.2. The first-order valence-corrected chi connectivity index (χ1v) is 8.20. The highest BCUT2D eigenvalue weighted by molar-refractivity contribution is 6.30. The van der Waals surface area contributed by atoms with Crippen LogP contribution in [0, 0.1) is 0 Å². The van der Waals surface area contributed by atoms with Crippen molar-refractivity contribution in [1.29, 1.82) is 0 Å². The first-order valence-electron chi connectivity index (χ1n) is 7.83. The van der Waals surface area contributed by atoms with Gasteiger partial charge >= 0.3 is 5.97 Å². The second-order valence-electron chi connectivity index (χ2n) is 5.39. The molecule has 1 amide bonds. The van der Waals surface area contributed by atoms with Gasteiger partial charge in [-0.15, -0.1) is 0 Å². The molecule has 0 saturated heterocycles. The molecule has 26 heavy (non-hydrogen) atoms. The highest BCUT2D eigenvalue weighted by Crippen LogP contribution is 2.16. The Balaban J connectivity index is 1.89. The van der Waals surface area contributed by atoms with Crippen molar-refractivity contribution < 1.29 is 23.9 Å². The zero-order valence-electron chi connectivity index (χ0n) is 14.3. The van der Waals surface area contributed by atoms with E-state index in [1.165, 1.54) is 14.0 Å². The first-order chi connectivity index (χ1) is 12.4. The lowest BCUT2D eigenvalue weighted by atomic mass is 10.1. The van der Waals surface area contributed by atoms with Crippen molar-refractivity contribution in [3.05, 3.63) is 64.7 Å². The third-order valence-electron chi connectivity index (χ3n) is 3.55. The predicted octanol–water partition coefficient (Wildman–Crippen LogP) is 2.89. The summed E-state index contributed by atoms with van der Waals surface area (Å²) >= 11 is 5.78. The number of para-hydroxylation sites is 1. The molecule has 136 valence electrons. The number of benzene rings is 2. The molecule has 1 atom stereocenters. The van der Waals surface area contributed by atoms with E-state index in [0.717, 1.165) is 0 Å². The second-order valence-corrected chi connectivity index (χ2v) is 5.82. The van der Waals surface area contributed by atoms with E-state index in [1.54, 1.807) is 48.5 Å². The Morgan fingerprint density at radius 2 is 1.73 bits per heavy atom. The van der Waals surface area contributed by atoms with E-state index in [2.05, 4.69) is 5.32 Å². The molecule has 7 heteroatoms. The summed E-state index contributed by atoms with van der Waals surface area (Å²) in [6.45, 7) is 1.10. The number of ether oxygens (including phenoxy) is 2. The van der Waals surface area contributed by atoms with Crippen LogP contribution >= 0.6 is 11.6 Å². The quantitative estimate of drug-likeness (QED) is 0.594. The van der Waals surface area contributed by atoms with Crippen molar-refractivity contribution >= 4 is 29.3 Å². The van der Waals surface area contributed by atoms with Crippen LogP contribution in [0.3, 0.4) is 0 Å². The molecule has 0 aliphatic carbocycles. The summed E-state index contributed by atoms with van der Waals surface area (Å²) in [4.78, 5) is 36.2. The van der Waals surface area contributed by atoms with Crippen molar-refractivity contribution in [3.8, 4) is 5.75 Å². The average molecular weight is 376 g/mol. The molecule has 0 radical (unpaired) electrons. The van der Waals surface area contributed by atoms with Crippen LogP contribution in [0.5, 0.6) is 5.75 Å². The van der Waals surface area contributed by atoms with Crippen molar-refractivity contribution in [2.45, 2.75) is 13.0 Å². The van der Waals surface area contributed by atoms with Gasteiger partial charge in [0.2, 0.25) is 5.78 Å². The number of ketones is 1. The smallest absolute Gasteiger partial charge is 0.326 e. The summed E-state index contributed by atoms with van der Waals surface area (Å²) in [5, 5.41) is 2.95. The standard InChI is InChI=1S/C19H18ClNO5/c1-12(18(23)13-7-9-14(20)10-8-13)26-17(22)11-21-19(24)15-5-3-4-6-16(15)25-2/h3-10,12H,11H2,1-2H3,(H,21,24)/t12-/m0/s1. The molecule has 0 aliphatic heterocycles. The Hall–Kier alpha value is -2.86. The summed E-state index contributed by atoms with van der Waals surface area (Å²) in [7, 11) is 1.45. The molecular formula is C19H18ClNO5. The fourth-order valence-electron chi connectivity index (χ4n) is 2.22. The van der Waals surface area contributed by atoms with Crippen LogP contribution in [0.15, 0.2) is 48.5 Å². The molecule has 2 rings (SSSR count). The summed E-state index contributed by atoms with van der Waals surface area (Å²) in [6, 6.07) is 12.9. The van der Waals surface area contributed by atoms with Crippen LogP contribution in [0.2, 0.25) is 5.02 Å². The predicted molar refractivity (Wildman–Crippen MR) is 96.7 cm³/mol. The minimum absolute atomic E-state index is 0.299. The number of carbonyl (C=O) groups is 3. The Morgan fingerprint density at radius 3 is 2.38 bits per heavy atom. The van der Waals surface area contributed by atoms with Crippen LogP contribution in [0.4, 0.5) is 0 Å². The van der Waals surface area contributed by atoms with Crippen LogP contribution in [-0.2, 0) is 9.53 Å². The summed E-state index contributed by atoms with van der Waals surface area (Å²) in [5.74, 6) is -1.16. The minimum atomic E-state index is -0.980. The zero-order chi connectivity index (χ0) is 19.1. The highest BCUT2D eigenvalue weighted by atomic mass is 35.5. The number of hydrogen-bond donors (Lipinski definition) is 1. The zero-order valence-corrected chi connectivity index (χ0v) is 15.1. The van der Waals surface area contributed by atoms with Gasteiger partial charge in [0.05, 0.1) is 12.7 Å². The molecule has 2 aromatic rings. The minimum Gasteiger partial charge on any atom is -0.496 e. The fraction of sp³-hybridized carbons (Fsp3) is 0.211. The third-order valence-corrected chi connectivity index (χ3v) is 3.80. The SMILES string of the molecule is COc1ccccc1C(=O)NCC(=O)O[C@@H](C)C(=O)c1ccc(Cl)cc1.